The van der Waals surface area contributed by atoms with Crippen LogP contribution in [0.4, 0.5) is 0 Å². The van der Waals surface area contributed by atoms with Gasteiger partial charge in [0.1, 0.15) is 10.5 Å². The number of furan rings is 1. The molecule has 3 heterocycles. The molecular formula is C25H26N4O5S3. The van der Waals surface area contributed by atoms with E-state index in [0.29, 0.717) is 49.6 Å². The van der Waals surface area contributed by atoms with Crippen molar-refractivity contribution in [2.24, 2.45) is 0 Å². The standard InChI is InChI=1S/C25H26N4O5S3/c1-4-27(5-2)19(30)15-36-24-26-21-20(22(31)28(24)14-18-8-7-13-34-18)37-25(35)29(21)17-11-9-16(10-12-17)23(32)33-6-3/h7-13H,4-6,14-15H2,1-3H3. The monoisotopic (exact) mass is 558 g/mol. The SMILES string of the molecule is CCOC(=O)c1ccc(-n2c(=S)sc3c(=O)n(Cc4ccco4)c(SCC(=O)N(CC)CC)nc32)cc1. The average Bonchev–Trinajstić information content (AvgIpc) is 3.53. The van der Waals surface area contributed by atoms with Gasteiger partial charge in [0.15, 0.2) is 14.8 Å². The van der Waals surface area contributed by atoms with E-state index in [4.69, 9.17) is 26.4 Å². The first-order valence-electron chi connectivity index (χ1n) is 11.7. The molecule has 0 fully saturated rings. The van der Waals surface area contributed by atoms with Crippen LogP contribution in [0.3, 0.4) is 0 Å². The van der Waals surface area contributed by atoms with Crippen LogP contribution in [-0.2, 0) is 16.1 Å². The minimum atomic E-state index is -0.414. The molecule has 12 heteroatoms. The molecule has 0 saturated heterocycles. The first-order valence-corrected chi connectivity index (χ1v) is 14.0. The summed E-state index contributed by atoms with van der Waals surface area (Å²) in [5.74, 6) is 0.281. The van der Waals surface area contributed by atoms with E-state index < -0.39 is 5.97 Å². The number of esters is 1. The Morgan fingerprint density at radius 3 is 2.51 bits per heavy atom. The third-order valence-corrected chi connectivity index (χ3v) is 7.94. The fourth-order valence-corrected chi connectivity index (χ4v) is 5.97. The minimum Gasteiger partial charge on any atom is -0.467 e. The first kappa shape index (κ1) is 26.8. The first-order chi connectivity index (χ1) is 17.9. The van der Waals surface area contributed by atoms with Gasteiger partial charge >= 0.3 is 5.97 Å². The number of ether oxygens (including phenoxy) is 1. The average molecular weight is 559 g/mol. The van der Waals surface area contributed by atoms with E-state index in [1.54, 1.807) is 59.1 Å². The number of fused-ring (bicyclic) bond motifs is 1. The van der Waals surface area contributed by atoms with E-state index in [2.05, 4.69) is 0 Å². The van der Waals surface area contributed by atoms with Crippen molar-refractivity contribution >= 4 is 57.5 Å². The molecule has 0 atom stereocenters. The number of thioether (sulfide) groups is 1. The zero-order valence-corrected chi connectivity index (χ0v) is 23.1. The van der Waals surface area contributed by atoms with Crippen LogP contribution in [-0.4, -0.2) is 56.3 Å². The molecule has 0 aliphatic rings. The van der Waals surface area contributed by atoms with Gasteiger partial charge in [0, 0.05) is 18.8 Å². The molecule has 0 spiro atoms. The summed E-state index contributed by atoms with van der Waals surface area (Å²) < 4.78 is 14.6. The van der Waals surface area contributed by atoms with E-state index in [1.165, 1.54) is 27.7 Å². The van der Waals surface area contributed by atoms with Gasteiger partial charge in [0.2, 0.25) is 5.91 Å². The molecule has 1 amide bonds. The highest BCUT2D eigenvalue weighted by molar-refractivity contribution is 7.99. The smallest absolute Gasteiger partial charge is 0.338 e. The molecule has 0 aliphatic carbocycles. The summed E-state index contributed by atoms with van der Waals surface area (Å²) in [6, 6.07) is 10.3. The number of carbonyl (C=O) groups excluding carboxylic acids is 2. The lowest BCUT2D eigenvalue weighted by Gasteiger charge is -2.18. The van der Waals surface area contributed by atoms with Crippen molar-refractivity contribution in [3.05, 3.63) is 68.3 Å². The molecule has 3 aromatic heterocycles. The Bertz CT molecular complexity index is 1520. The molecule has 194 valence electrons. The lowest BCUT2D eigenvalue weighted by atomic mass is 10.2. The number of rotatable bonds is 10. The summed E-state index contributed by atoms with van der Waals surface area (Å²) in [6.45, 7) is 7.27. The molecule has 1 aromatic carbocycles. The molecule has 37 heavy (non-hydrogen) atoms. The third kappa shape index (κ3) is 5.71. The zero-order valence-electron chi connectivity index (χ0n) is 20.6. The summed E-state index contributed by atoms with van der Waals surface area (Å²) in [6.07, 6.45) is 1.55. The highest BCUT2D eigenvalue weighted by Crippen LogP contribution is 2.27. The van der Waals surface area contributed by atoms with E-state index in [0.717, 1.165) is 0 Å². The Kier molecular flexibility index (Phi) is 8.62. The second-order valence-corrected chi connectivity index (χ2v) is 10.4. The van der Waals surface area contributed by atoms with Gasteiger partial charge in [0.25, 0.3) is 5.56 Å². The number of hydrogen-bond acceptors (Lipinski definition) is 9. The van der Waals surface area contributed by atoms with Crippen molar-refractivity contribution in [3.8, 4) is 5.69 Å². The molecule has 0 bridgehead atoms. The van der Waals surface area contributed by atoms with E-state index in [1.807, 2.05) is 13.8 Å². The van der Waals surface area contributed by atoms with Gasteiger partial charge in [-0.3, -0.25) is 18.7 Å². The van der Waals surface area contributed by atoms with Gasteiger partial charge in [-0.15, -0.1) is 0 Å². The Morgan fingerprint density at radius 1 is 1.16 bits per heavy atom. The predicted molar refractivity (Wildman–Crippen MR) is 146 cm³/mol. The molecular weight excluding hydrogens is 532 g/mol. The van der Waals surface area contributed by atoms with Crippen LogP contribution in [0.25, 0.3) is 16.0 Å². The Balaban J connectivity index is 1.80. The molecule has 0 saturated carbocycles. The fraction of sp³-hybridized carbons (Fsp3) is 0.320. The van der Waals surface area contributed by atoms with Crippen molar-refractivity contribution < 1.29 is 18.7 Å². The number of benzene rings is 1. The normalized spacial score (nSPS) is 11.1. The maximum Gasteiger partial charge on any atom is 0.338 e. The third-order valence-electron chi connectivity index (χ3n) is 5.63. The Hall–Kier alpha value is -3.22. The largest absolute Gasteiger partial charge is 0.467 e. The van der Waals surface area contributed by atoms with Crippen LogP contribution in [0.2, 0.25) is 0 Å². The fourth-order valence-electron chi connectivity index (χ4n) is 3.76. The lowest BCUT2D eigenvalue weighted by molar-refractivity contribution is -0.127. The van der Waals surface area contributed by atoms with Gasteiger partial charge in [-0.2, -0.15) is 0 Å². The van der Waals surface area contributed by atoms with Crippen molar-refractivity contribution in [2.45, 2.75) is 32.5 Å². The highest BCUT2D eigenvalue weighted by Gasteiger charge is 2.20. The molecule has 9 nitrogen and oxygen atoms in total. The van der Waals surface area contributed by atoms with E-state index in [9.17, 15) is 14.4 Å². The van der Waals surface area contributed by atoms with Crippen LogP contribution >= 0.6 is 35.3 Å². The summed E-state index contributed by atoms with van der Waals surface area (Å²) in [4.78, 5) is 44.9. The number of thiazole rings is 1. The highest BCUT2D eigenvalue weighted by atomic mass is 32.2. The van der Waals surface area contributed by atoms with E-state index >= 15 is 0 Å². The molecule has 4 rings (SSSR count). The van der Waals surface area contributed by atoms with E-state index in [-0.39, 0.29) is 30.4 Å². The molecule has 0 unspecified atom stereocenters. The van der Waals surface area contributed by atoms with Crippen molar-refractivity contribution in [2.75, 3.05) is 25.4 Å². The lowest BCUT2D eigenvalue weighted by Crippen LogP contribution is -2.32. The molecule has 0 aliphatic heterocycles. The van der Waals surface area contributed by atoms with Gasteiger partial charge in [0.05, 0.1) is 30.7 Å². The van der Waals surface area contributed by atoms with Crippen LogP contribution in [0.1, 0.15) is 36.9 Å². The Morgan fingerprint density at radius 2 is 1.89 bits per heavy atom. The van der Waals surface area contributed by atoms with Crippen LogP contribution in [0.5, 0.6) is 0 Å². The number of nitrogens with zero attached hydrogens (tertiary/aromatic N) is 4. The number of carbonyl (C=O) groups is 2. The maximum absolute atomic E-state index is 13.6. The summed E-state index contributed by atoms with van der Waals surface area (Å²) in [7, 11) is 0. The topological polar surface area (TPSA) is 99.6 Å². The van der Waals surface area contributed by atoms with Gasteiger partial charge in [-0.1, -0.05) is 23.1 Å². The quantitative estimate of drug-likeness (QED) is 0.119. The van der Waals surface area contributed by atoms with Crippen LogP contribution in [0, 0.1) is 3.95 Å². The molecule has 4 aromatic rings. The number of hydrogen-bond donors (Lipinski definition) is 0. The van der Waals surface area contributed by atoms with Crippen LogP contribution in [0.15, 0.2) is 57.0 Å². The van der Waals surface area contributed by atoms with Gasteiger partial charge in [-0.05, 0) is 69.4 Å². The predicted octanol–water partition coefficient (Wildman–Crippen LogP) is 4.76. The second-order valence-electron chi connectivity index (χ2n) is 7.84. The molecule has 0 N–H and O–H groups in total. The van der Waals surface area contributed by atoms with Gasteiger partial charge < -0.3 is 14.1 Å². The second kappa shape index (κ2) is 11.9. The summed E-state index contributed by atoms with van der Waals surface area (Å²) in [5.41, 5.74) is 1.21. The van der Waals surface area contributed by atoms with Crippen LogP contribution < -0.4 is 5.56 Å². The van der Waals surface area contributed by atoms with Crippen molar-refractivity contribution in [3.63, 3.8) is 0 Å². The zero-order chi connectivity index (χ0) is 26.5. The van der Waals surface area contributed by atoms with Crippen molar-refractivity contribution in [1.29, 1.82) is 0 Å². The summed E-state index contributed by atoms with van der Waals surface area (Å²) >= 11 is 7.98. The number of aromatic nitrogens is 3. The summed E-state index contributed by atoms with van der Waals surface area (Å²) in [5, 5.41) is 0.388. The number of amides is 1. The van der Waals surface area contributed by atoms with Gasteiger partial charge in [-0.25, -0.2) is 9.78 Å². The minimum absolute atomic E-state index is 0.0365. The Labute approximate surface area is 226 Å². The maximum atomic E-state index is 13.6. The van der Waals surface area contributed by atoms with Crippen molar-refractivity contribution in [1.82, 2.24) is 19.0 Å². The molecule has 0 radical (unpaired) electrons.